The quantitative estimate of drug-likeness (QED) is 0.385. The monoisotopic (exact) mass is 450 g/mol. The van der Waals surface area contributed by atoms with Gasteiger partial charge in [-0.15, -0.1) is 21.5 Å². The van der Waals surface area contributed by atoms with Crippen LogP contribution in [0.3, 0.4) is 0 Å². The number of aryl methyl sites for hydroxylation is 2. The van der Waals surface area contributed by atoms with Crippen LogP contribution in [-0.2, 0) is 19.0 Å². The van der Waals surface area contributed by atoms with Crippen LogP contribution >= 0.6 is 23.1 Å². The number of ether oxygens (including phenoxy) is 1. The fourth-order valence-electron chi connectivity index (χ4n) is 3.35. The molecule has 0 radical (unpaired) electrons. The Hall–Kier alpha value is -2.66. The molecule has 3 heterocycles. The highest BCUT2D eigenvalue weighted by atomic mass is 32.2. The summed E-state index contributed by atoms with van der Waals surface area (Å²) in [6.07, 6.45) is -2.01. The molecule has 0 unspecified atom stereocenters. The molecule has 0 N–H and O–H groups in total. The van der Waals surface area contributed by atoms with Gasteiger partial charge in [0.1, 0.15) is 15.6 Å². The van der Waals surface area contributed by atoms with E-state index in [-0.39, 0.29) is 16.1 Å². The molecule has 0 aliphatic heterocycles. The third-order valence-electron chi connectivity index (χ3n) is 4.71. The standard InChI is InChI=1S/C19H13F3N4O2S2/c1-27-10-7-5-9(6-8-10)14-25-26-18(28-14)30-16-13-11-3-2-4-12(11)29-15(13)23-17(24-16)19(20,21)22/h5-8H,2-4H2,1H3. The van der Waals surface area contributed by atoms with E-state index in [9.17, 15) is 13.2 Å². The van der Waals surface area contributed by atoms with E-state index in [1.54, 1.807) is 31.4 Å². The van der Waals surface area contributed by atoms with E-state index < -0.39 is 12.0 Å². The number of halogens is 3. The van der Waals surface area contributed by atoms with Gasteiger partial charge in [0.15, 0.2) is 0 Å². The molecule has 154 valence electrons. The largest absolute Gasteiger partial charge is 0.497 e. The van der Waals surface area contributed by atoms with E-state index in [1.165, 1.54) is 11.3 Å². The summed E-state index contributed by atoms with van der Waals surface area (Å²) in [5.41, 5.74) is 1.71. The van der Waals surface area contributed by atoms with E-state index in [0.717, 1.165) is 41.5 Å². The minimum atomic E-state index is -4.64. The lowest BCUT2D eigenvalue weighted by atomic mass is 10.2. The highest BCUT2D eigenvalue weighted by Crippen LogP contribution is 2.43. The van der Waals surface area contributed by atoms with Gasteiger partial charge in [0.25, 0.3) is 5.22 Å². The molecule has 6 nitrogen and oxygen atoms in total. The second-order valence-electron chi connectivity index (χ2n) is 6.59. The van der Waals surface area contributed by atoms with Crippen molar-refractivity contribution in [1.29, 1.82) is 0 Å². The molecule has 30 heavy (non-hydrogen) atoms. The molecule has 11 heteroatoms. The van der Waals surface area contributed by atoms with Crippen molar-refractivity contribution < 1.29 is 22.3 Å². The van der Waals surface area contributed by atoms with Gasteiger partial charge < -0.3 is 9.15 Å². The Morgan fingerprint density at radius 3 is 2.63 bits per heavy atom. The molecular formula is C19H13F3N4O2S2. The molecule has 0 amide bonds. The number of fused-ring (bicyclic) bond motifs is 3. The van der Waals surface area contributed by atoms with E-state index in [4.69, 9.17) is 9.15 Å². The summed E-state index contributed by atoms with van der Waals surface area (Å²) in [5.74, 6) is -0.216. The number of rotatable bonds is 4. The summed E-state index contributed by atoms with van der Waals surface area (Å²) < 4.78 is 50.8. The highest BCUT2D eigenvalue weighted by molar-refractivity contribution is 7.99. The first-order valence-electron chi connectivity index (χ1n) is 8.97. The zero-order chi connectivity index (χ0) is 20.9. The van der Waals surface area contributed by atoms with E-state index in [2.05, 4.69) is 20.2 Å². The van der Waals surface area contributed by atoms with Crippen molar-refractivity contribution in [2.24, 2.45) is 0 Å². The van der Waals surface area contributed by atoms with Gasteiger partial charge >= 0.3 is 6.18 Å². The third-order valence-corrected chi connectivity index (χ3v) is 6.73. The van der Waals surface area contributed by atoms with Crippen molar-refractivity contribution in [2.45, 2.75) is 35.7 Å². The Morgan fingerprint density at radius 1 is 1.10 bits per heavy atom. The van der Waals surface area contributed by atoms with E-state index >= 15 is 0 Å². The van der Waals surface area contributed by atoms with Gasteiger partial charge in [-0.05, 0) is 60.9 Å². The van der Waals surface area contributed by atoms with Gasteiger partial charge in [0.05, 0.1) is 7.11 Å². The van der Waals surface area contributed by atoms with Crippen LogP contribution in [0, 0.1) is 0 Å². The van der Waals surface area contributed by atoms with Gasteiger partial charge in [-0.2, -0.15) is 13.2 Å². The van der Waals surface area contributed by atoms with Gasteiger partial charge in [-0.1, -0.05) is 0 Å². The average molecular weight is 450 g/mol. The Labute approximate surface area is 176 Å². The molecule has 5 rings (SSSR count). The van der Waals surface area contributed by atoms with Crippen LogP contribution in [0.2, 0.25) is 0 Å². The molecule has 1 aromatic carbocycles. The average Bonchev–Trinajstić information content (AvgIpc) is 3.43. The Morgan fingerprint density at radius 2 is 1.90 bits per heavy atom. The van der Waals surface area contributed by atoms with Crippen molar-refractivity contribution in [2.75, 3.05) is 7.11 Å². The predicted octanol–water partition coefficient (Wildman–Crippen LogP) is 5.41. The molecule has 1 aliphatic carbocycles. The number of hydrogen-bond donors (Lipinski definition) is 0. The molecule has 3 aromatic heterocycles. The van der Waals surface area contributed by atoms with Crippen molar-refractivity contribution >= 4 is 33.3 Å². The first kappa shape index (κ1) is 19.3. The molecular weight excluding hydrogens is 437 g/mol. The van der Waals surface area contributed by atoms with E-state index in [0.29, 0.717) is 21.5 Å². The maximum Gasteiger partial charge on any atom is 0.451 e. The van der Waals surface area contributed by atoms with Crippen LogP contribution < -0.4 is 4.74 Å². The van der Waals surface area contributed by atoms with Crippen LogP contribution in [0.15, 0.2) is 38.9 Å². The number of alkyl halides is 3. The number of thiophene rings is 1. The van der Waals surface area contributed by atoms with E-state index in [1.807, 2.05) is 0 Å². The number of aromatic nitrogens is 4. The zero-order valence-electron chi connectivity index (χ0n) is 15.5. The van der Waals surface area contributed by atoms with Crippen molar-refractivity contribution in [3.05, 3.63) is 40.5 Å². The summed E-state index contributed by atoms with van der Waals surface area (Å²) >= 11 is 2.24. The molecule has 4 aromatic rings. The fraction of sp³-hybridized carbons (Fsp3) is 0.263. The fourth-order valence-corrected chi connectivity index (χ4v) is 5.49. The molecule has 0 fully saturated rings. The number of hydrogen-bond acceptors (Lipinski definition) is 8. The smallest absolute Gasteiger partial charge is 0.451 e. The molecule has 1 aliphatic rings. The third kappa shape index (κ3) is 3.41. The second kappa shape index (κ2) is 7.24. The summed E-state index contributed by atoms with van der Waals surface area (Å²) in [7, 11) is 1.56. The topological polar surface area (TPSA) is 73.9 Å². The Kier molecular flexibility index (Phi) is 4.66. The maximum absolute atomic E-state index is 13.3. The predicted molar refractivity (Wildman–Crippen MR) is 105 cm³/mol. The zero-order valence-corrected chi connectivity index (χ0v) is 17.1. The molecule has 0 saturated heterocycles. The van der Waals surface area contributed by atoms with Crippen molar-refractivity contribution in [1.82, 2.24) is 20.2 Å². The maximum atomic E-state index is 13.3. The Bertz CT molecular complexity index is 1240. The molecule has 0 bridgehead atoms. The lowest BCUT2D eigenvalue weighted by Gasteiger charge is -2.08. The normalized spacial score (nSPS) is 13.7. The number of methoxy groups -OCH3 is 1. The SMILES string of the molecule is COc1ccc(-c2nnc(Sc3nc(C(F)(F)F)nc4sc5c(c34)CCC5)o2)cc1. The number of nitrogens with zero attached hydrogens (tertiary/aromatic N) is 4. The summed E-state index contributed by atoms with van der Waals surface area (Å²) in [5, 5.41) is 8.96. The Balaban J connectivity index is 1.54. The van der Waals surface area contributed by atoms with Crippen LogP contribution in [0.1, 0.15) is 22.7 Å². The second-order valence-corrected chi connectivity index (χ2v) is 8.61. The van der Waals surface area contributed by atoms with Crippen LogP contribution in [0.5, 0.6) is 5.75 Å². The summed E-state index contributed by atoms with van der Waals surface area (Å²) in [6, 6.07) is 7.03. The summed E-state index contributed by atoms with van der Waals surface area (Å²) in [6.45, 7) is 0. The number of benzene rings is 1. The lowest BCUT2D eigenvalue weighted by molar-refractivity contribution is -0.145. The van der Waals surface area contributed by atoms with Crippen LogP contribution in [0.25, 0.3) is 21.7 Å². The lowest BCUT2D eigenvalue weighted by Crippen LogP contribution is -2.11. The summed E-state index contributed by atoms with van der Waals surface area (Å²) in [4.78, 5) is 9.00. The van der Waals surface area contributed by atoms with Crippen LogP contribution in [-0.4, -0.2) is 27.3 Å². The first-order valence-corrected chi connectivity index (χ1v) is 10.6. The minimum Gasteiger partial charge on any atom is -0.497 e. The molecule has 0 atom stereocenters. The van der Waals surface area contributed by atoms with Gasteiger partial charge in [0.2, 0.25) is 11.7 Å². The van der Waals surface area contributed by atoms with Gasteiger partial charge in [-0.3, -0.25) is 0 Å². The molecule has 0 spiro atoms. The highest BCUT2D eigenvalue weighted by Gasteiger charge is 2.37. The van der Waals surface area contributed by atoms with Crippen molar-refractivity contribution in [3.8, 4) is 17.2 Å². The van der Waals surface area contributed by atoms with Crippen LogP contribution in [0.4, 0.5) is 13.2 Å². The minimum absolute atomic E-state index is 0.117. The van der Waals surface area contributed by atoms with Gasteiger partial charge in [0, 0.05) is 15.8 Å². The van der Waals surface area contributed by atoms with Gasteiger partial charge in [-0.25, -0.2) is 9.97 Å². The van der Waals surface area contributed by atoms with Crippen molar-refractivity contribution in [3.63, 3.8) is 0 Å². The first-order chi connectivity index (χ1) is 14.4. The molecule has 0 saturated carbocycles.